The lowest BCUT2D eigenvalue weighted by Crippen LogP contribution is -1.90. The number of nitrogens with zero attached hydrogens (tertiary/aromatic N) is 1. The van der Waals surface area contributed by atoms with Gasteiger partial charge >= 0.3 is 0 Å². The minimum Gasteiger partial charge on any atom is -0.397 e. The Morgan fingerprint density at radius 3 is 2.92 bits per heavy atom. The van der Waals surface area contributed by atoms with Crippen molar-refractivity contribution < 1.29 is 4.39 Å². The lowest BCUT2D eigenvalue weighted by Gasteiger charge is -2.02. The highest BCUT2D eigenvalue weighted by Gasteiger charge is 2.04. The Hall–Kier alpha value is -1.16. The molecule has 0 aliphatic heterocycles. The molecule has 0 unspecified atom stereocenters. The van der Waals surface area contributed by atoms with E-state index in [4.69, 9.17) is 5.73 Å². The maximum absolute atomic E-state index is 12.9. The van der Waals surface area contributed by atoms with Crippen LogP contribution in [0.5, 0.6) is 0 Å². The van der Waals surface area contributed by atoms with Crippen molar-refractivity contribution in [1.82, 2.24) is 4.98 Å². The van der Waals surface area contributed by atoms with Gasteiger partial charge in [-0.2, -0.15) is 0 Å². The van der Waals surface area contributed by atoms with Crippen molar-refractivity contribution in [1.29, 1.82) is 0 Å². The van der Waals surface area contributed by atoms with E-state index in [0.29, 0.717) is 15.5 Å². The van der Waals surface area contributed by atoms with Crippen molar-refractivity contribution in [2.24, 2.45) is 0 Å². The Morgan fingerprint density at radius 2 is 2.15 bits per heavy atom. The number of pyridine rings is 1. The molecule has 0 saturated heterocycles. The summed E-state index contributed by atoms with van der Waals surface area (Å²) < 4.78 is 13.6. The minimum atomic E-state index is -0.291. The molecule has 0 amide bonds. The molecule has 2 aromatic rings. The molecular weight excluding hydrogens is 235 g/mol. The summed E-state index contributed by atoms with van der Waals surface area (Å²) in [6, 6.07) is 4.40. The van der Waals surface area contributed by atoms with Crippen LogP contribution < -0.4 is 5.73 Å². The van der Waals surface area contributed by atoms with Gasteiger partial charge in [-0.1, -0.05) is 0 Å². The zero-order valence-corrected chi connectivity index (χ0v) is 8.18. The second kappa shape index (κ2) is 2.96. The summed E-state index contributed by atoms with van der Waals surface area (Å²) >= 11 is 3.28. The van der Waals surface area contributed by atoms with E-state index >= 15 is 0 Å². The first kappa shape index (κ1) is 8.44. The maximum atomic E-state index is 12.9. The van der Waals surface area contributed by atoms with Crippen LogP contribution in [0.1, 0.15) is 0 Å². The number of benzene rings is 1. The normalized spacial score (nSPS) is 10.6. The predicted molar refractivity (Wildman–Crippen MR) is 53.8 cm³/mol. The van der Waals surface area contributed by atoms with Crippen LogP contribution in [-0.2, 0) is 0 Å². The molecule has 1 heterocycles. The quantitative estimate of drug-likeness (QED) is 0.770. The molecule has 2 rings (SSSR count). The topological polar surface area (TPSA) is 38.9 Å². The van der Waals surface area contributed by atoms with E-state index in [1.807, 2.05) is 0 Å². The van der Waals surface area contributed by atoms with Gasteiger partial charge in [-0.3, -0.25) is 4.98 Å². The Morgan fingerprint density at radius 1 is 1.38 bits per heavy atom. The monoisotopic (exact) mass is 240 g/mol. The number of anilines is 1. The molecule has 0 fully saturated rings. The second-order valence-electron chi connectivity index (χ2n) is 2.69. The van der Waals surface area contributed by atoms with Crippen LogP contribution in [0.25, 0.3) is 10.9 Å². The summed E-state index contributed by atoms with van der Waals surface area (Å²) in [6.07, 6.45) is 1.55. The zero-order valence-electron chi connectivity index (χ0n) is 6.59. The van der Waals surface area contributed by atoms with Crippen LogP contribution in [0.4, 0.5) is 10.1 Å². The van der Waals surface area contributed by atoms with Gasteiger partial charge in [0.25, 0.3) is 0 Å². The largest absolute Gasteiger partial charge is 0.397 e. The van der Waals surface area contributed by atoms with Crippen LogP contribution in [0, 0.1) is 5.82 Å². The Labute approximate surface area is 82.7 Å². The lowest BCUT2D eigenvalue weighted by molar-refractivity contribution is 0.629. The summed E-state index contributed by atoms with van der Waals surface area (Å²) in [5.74, 6) is -0.291. The van der Waals surface area contributed by atoms with Gasteiger partial charge < -0.3 is 5.73 Å². The Bertz CT molecular complexity index is 465. The summed E-state index contributed by atoms with van der Waals surface area (Å²) in [6.45, 7) is 0. The number of hydrogen-bond acceptors (Lipinski definition) is 2. The van der Waals surface area contributed by atoms with Gasteiger partial charge in [-0.05, 0) is 34.1 Å². The summed E-state index contributed by atoms with van der Waals surface area (Å²) in [4.78, 5) is 4.06. The molecule has 4 heteroatoms. The average Bonchev–Trinajstić information content (AvgIpc) is 2.12. The van der Waals surface area contributed by atoms with Crippen molar-refractivity contribution >= 4 is 32.5 Å². The molecule has 0 radical (unpaired) electrons. The molecule has 0 aliphatic carbocycles. The van der Waals surface area contributed by atoms with E-state index in [-0.39, 0.29) is 5.82 Å². The smallest absolute Gasteiger partial charge is 0.124 e. The second-order valence-corrected chi connectivity index (χ2v) is 3.48. The van der Waals surface area contributed by atoms with Crippen molar-refractivity contribution in [3.63, 3.8) is 0 Å². The van der Waals surface area contributed by atoms with Gasteiger partial charge in [0.15, 0.2) is 0 Å². The van der Waals surface area contributed by atoms with Gasteiger partial charge in [0.1, 0.15) is 5.82 Å². The molecule has 0 saturated carbocycles. The highest BCUT2D eigenvalue weighted by Crippen LogP contribution is 2.27. The number of hydrogen-bond donors (Lipinski definition) is 1. The Balaban J connectivity index is 2.89. The maximum Gasteiger partial charge on any atom is 0.124 e. The molecule has 0 spiro atoms. The van der Waals surface area contributed by atoms with Gasteiger partial charge in [0.2, 0.25) is 0 Å². The predicted octanol–water partition coefficient (Wildman–Crippen LogP) is 2.72. The summed E-state index contributed by atoms with van der Waals surface area (Å²) in [7, 11) is 0. The first-order chi connectivity index (χ1) is 6.18. The number of nitrogen functional groups attached to an aromatic ring is 1. The number of halogens is 2. The standard InChI is InChI=1S/C9H6BrFN2/c10-9-6-3-5(11)1-2-8(6)13-4-7(9)12/h1-4H,12H2. The Kier molecular flexibility index (Phi) is 1.92. The van der Waals surface area contributed by atoms with Crippen LogP contribution in [0.2, 0.25) is 0 Å². The van der Waals surface area contributed by atoms with E-state index < -0.39 is 0 Å². The highest BCUT2D eigenvalue weighted by atomic mass is 79.9. The molecule has 2 nitrogen and oxygen atoms in total. The fourth-order valence-electron chi connectivity index (χ4n) is 1.15. The molecule has 1 aromatic heterocycles. The molecule has 0 aliphatic rings. The molecule has 1 aromatic carbocycles. The molecule has 13 heavy (non-hydrogen) atoms. The number of fused-ring (bicyclic) bond motifs is 1. The molecule has 66 valence electrons. The third-order valence-corrected chi connectivity index (χ3v) is 2.68. The van der Waals surface area contributed by atoms with E-state index in [9.17, 15) is 4.39 Å². The van der Waals surface area contributed by atoms with Crippen molar-refractivity contribution in [3.05, 3.63) is 34.7 Å². The van der Waals surface area contributed by atoms with Gasteiger partial charge in [0.05, 0.1) is 21.9 Å². The summed E-state index contributed by atoms with van der Waals surface area (Å²) in [5.41, 5.74) is 6.84. The van der Waals surface area contributed by atoms with Gasteiger partial charge in [-0.25, -0.2) is 4.39 Å². The number of rotatable bonds is 0. The van der Waals surface area contributed by atoms with Crippen LogP contribution in [-0.4, -0.2) is 4.98 Å². The minimum absolute atomic E-state index is 0.291. The van der Waals surface area contributed by atoms with Crippen molar-refractivity contribution in [2.75, 3.05) is 5.73 Å². The van der Waals surface area contributed by atoms with Gasteiger partial charge in [-0.15, -0.1) is 0 Å². The van der Waals surface area contributed by atoms with Crippen molar-refractivity contribution in [2.45, 2.75) is 0 Å². The summed E-state index contributed by atoms with van der Waals surface area (Å²) in [5, 5.41) is 0.694. The molecule has 0 atom stereocenters. The zero-order chi connectivity index (χ0) is 9.42. The number of aromatic nitrogens is 1. The van der Waals surface area contributed by atoms with E-state index in [1.165, 1.54) is 12.1 Å². The first-order valence-corrected chi connectivity index (χ1v) is 4.47. The fourth-order valence-corrected chi connectivity index (χ4v) is 1.57. The number of nitrogens with two attached hydrogens (primary N) is 1. The van der Waals surface area contributed by atoms with Crippen molar-refractivity contribution in [3.8, 4) is 0 Å². The third-order valence-electron chi connectivity index (χ3n) is 1.79. The van der Waals surface area contributed by atoms with E-state index in [1.54, 1.807) is 12.3 Å². The third kappa shape index (κ3) is 1.37. The highest BCUT2D eigenvalue weighted by molar-refractivity contribution is 9.10. The molecular formula is C9H6BrFN2. The van der Waals surface area contributed by atoms with Crippen LogP contribution in [0.3, 0.4) is 0 Å². The average molecular weight is 241 g/mol. The van der Waals surface area contributed by atoms with Crippen LogP contribution in [0.15, 0.2) is 28.9 Å². The van der Waals surface area contributed by atoms with Crippen LogP contribution >= 0.6 is 15.9 Å². The SMILES string of the molecule is Nc1cnc2ccc(F)cc2c1Br. The molecule has 0 bridgehead atoms. The van der Waals surface area contributed by atoms with Gasteiger partial charge in [0, 0.05) is 5.39 Å². The lowest BCUT2D eigenvalue weighted by atomic mass is 10.2. The van der Waals surface area contributed by atoms with E-state index in [2.05, 4.69) is 20.9 Å². The molecule has 2 N–H and O–H groups in total. The van der Waals surface area contributed by atoms with E-state index in [0.717, 1.165) is 5.52 Å². The fraction of sp³-hybridized carbons (Fsp3) is 0. The first-order valence-electron chi connectivity index (χ1n) is 3.68.